The Balaban J connectivity index is 1.32. The van der Waals surface area contributed by atoms with Crippen molar-refractivity contribution in [2.24, 2.45) is 0 Å². The minimum atomic E-state index is -0.254. The lowest BCUT2D eigenvalue weighted by Crippen LogP contribution is -2.46. The van der Waals surface area contributed by atoms with E-state index in [-0.39, 0.29) is 18.4 Å². The Kier molecular flexibility index (Phi) is 5.79. The molecule has 1 aromatic heterocycles. The second kappa shape index (κ2) is 9.03. The summed E-state index contributed by atoms with van der Waals surface area (Å²) in [5, 5.41) is 0. The third-order valence-corrected chi connectivity index (χ3v) is 6.29. The lowest BCUT2D eigenvalue weighted by molar-refractivity contribution is 0.0642. The zero-order valence-electron chi connectivity index (χ0n) is 18.6. The molecule has 5 rings (SSSR count). The fraction of sp³-hybridized carbons (Fsp3) is 0.269. The smallest absolute Gasteiger partial charge is 0.263 e. The highest BCUT2D eigenvalue weighted by atomic mass is 16.5. The SMILES string of the molecule is COc1cc(CN2C(=O)c3cccc(N4CCN(Cc5ccccc5)CC4)c3C2=O)ccn1. The molecule has 0 aliphatic carbocycles. The van der Waals surface area contributed by atoms with Gasteiger partial charge in [-0.2, -0.15) is 0 Å². The van der Waals surface area contributed by atoms with Gasteiger partial charge in [-0.05, 0) is 29.3 Å². The van der Waals surface area contributed by atoms with Gasteiger partial charge in [-0.3, -0.25) is 19.4 Å². The molecule has 0 unspecified atom stereocenters. The Bertz CT molecular complexity index is 1170. The van der Waals surface area contributed by atoms with Crippen molar-refractivity contribution < 1.29 is 14.3 Å². The number of benzene rings is 2. The number of methoxy groups -OCH3 is 1. The van der Waals surface area contributed by atoms with Crippen molar-refractivity contribution in [2.45, 2.75) is 13.1 Å². The lowest BCUT2D eigenvalue weighted by Gasteiger charge is -2.36. The van der Waals surface area contributed by atoms with Gasteiger partial charge in [-0.25, -0.2) is 4.98 Å². The number of pyridine rings is 1. The molecule has 0 spiro atoms. The van der Waals surface area contributed by atoms with E-state index in [1.165, 1.54) is 10.5 Å². The highest BCUT2D eigenvalue weighted by Crippen LogP contribution is 2.33. The Morgan fingerprint density at radius 1 is 0.848 bits per heavy atom. The average molecular weight is 443 g/mol. The molecule has 3 heterocycles. The zero-order chi connectivity index (χ0) is 22.8. The molecule has 0 radical (unpaired) electrons. The number of carbonyl (C=O) groups is 2. The van der Waals surface area contributed by atoms with Gasteiger partial charge in [0, 0.05) is 45.0 Å². The molecular weight excluding hydrogens is 416 g/mol. The van der Waals surface area contributed by atoms with Crippen molar-refractivity contribution in [2.75, 3.05) is 38.2 Å². The normalized spacial score (nSPS) is 16.3. The van der Waals surface area contributed by atoms with Gasteiger partial charge < -0.3 is 9.64 Å². The van der Waals surface area contributed by atoms with E-state index in [0.29, 0.717) is 17.0 Å². The van der Waals surface area contributed by atoms with E-state index in [4.69, 9.17) is 4.74 Å². The second-order valence-electron chi connectivity index (χ2n) is 8.35. The molecule has 7 heteroatoms. The summed E-state index contributed by atoms with van der Waals surface area (Å²) in [6.45, 7) is 4.54. The number of aromatic nitrogens is 1. The van der Waals surface area contributed by atoms with E-state index < -0.39 is 0 Å². The number of anilines is 1. The van der Waals surface area contributed by atoms with Crippen LogP contribution in [-0.2, 0) is 13.1 Å². The van der Waals surface area contributed by atoms with Crippen LogP contribution in [0.3, 0.4) is 0 Å². The third-order valence-electron chi connectivity index (χ3n) is 6.29. The molecule has 2 amide bonds. The van der Waals surface area contributed by atoms with Gasteiger partial charge in [-0.15, -0.1) is 0 Å². The molecule has 3 aromatic rings. The summed E-state index contributed by atoms with van der Waals surface area (Å²) in [6.07, 6.45) is 1.62. The first kappa shape index (κ1) is 21.2. The zero-order valence-corrected chi connectivity index (χ0v) is 18.6. The highest BCUT2D eigenvalue weighted by molar-refractivity contribution is 6.23. The molecular formula is C26H26N4O3. The van der Waals surface area contributed by atoms with E-state index in [2.05, 4.69) is 39.0 Å². The predicted molar refractivity (Wildman–Crippen MR) is 125 cm³/mol. The van der Waals surface area contributed by atoms with Gasteiger partial charge in [0.05, 0.1) is 30.5 Å². The Morgan fingerprint density at radius 3 is 2.39 bits per heavy atom. The number of hydrogen-bond donors (Lipinski definition) is 0. The summed E-state index contributed by atoms with van der Waals surface area (Å²) < 4.78 is 5.17. The molecule has 2 aromatic carbocycles. The number of piperazine rings is 1. The topological polar surface area (TPSA) is 66.0 Å². The highest BCUT2D eigenvalue weighted by Gasteiger charge is 2.38. The molecule has 0 bridgehead atoms. The van der Waals surface area contributed by atoms with Crippen LogP contribution in [0.1, 0.15) is 31.8 Å². The second-order valence-corrected chi connectivity index (χ2v) is 8.35. The van der Waals surface area contributed by atoms with Crippen LogP contribution < -0.4 is 9.64 Å². The first-order valence-corrected chi connectivity index (χ1v) is 11.1. The van der Waals surface area contributed by atoms with Crippen molar-refractivity contribution in [3.63, 3.8) is 0 Å². The molecule has 0 atom stereocenters. The fourth-order valence-corrected chi connectivity index (χ4v) is 4.55. The van der Waals surface area contributed by atoms with Crippen LogP contribution >= 0.6 is 0 Å². The summed E-state index contributed by atoms with van der Waals surface area (Å²) >= 11 is 0. The number of rotatable bonds is 6. The molecule has 0 N–H and O–H groups in total. The van der Waals surface area contributed by atoms with Crippen LogP contribution in [0.2, 0.25) is 0 Å². The first-order chi connectivity index (χ1) is 16.1. The standard InChI is InChI=1S/C26H26N4O3/c1-33-23-16-20(10-11-27-23)18-30-25(31)21-8-5-9-22(24(21)26(30)32)29-14-12-28(13-15-29)17-19-6-3-2-4-7-19/h2-11,16H,12-15,17-18H2,1H3. The van der Waals surface area contributed by atoms with Crippen LogP contribution in [0.5, 0.6) is 5.88 Å². The molecule has 0 saturated carbocycles. The Hall–Kier alpha value is -3.71. The van der Waals surface area contributed by atoms with Crippen LogP contribution in [0, 0.1) is 0 Å². The molecule has 2 aliphatic heterocycles. The Labute approximate surface area is 193 Å². The van der Waals surface area contributed by atoms with Gasteiger partial charge in [0.2, 0.25) is 5.88 Å². The van der Waals surface area contributed by atoms with Gasteiger partial charge in [0.1, 0.15) is 0 Å². The maximum absolute atomic E-state index is 13.4. The minimum absolute atomic E-state index is 0.190. The van der Waals surface area contributed by atoms with Gasteiger partial charge >= 0.3 is 0 Å². The predicted octanol–water partition coefficient (Wildman–Crippen LogP) is 3.21. The Morgan fingerprint density at radius 2 is 1.64 bits per heavy atom. The third kappa shape index (κ3) is 4.19. The maximum Gasteiger partial charge on any atom is 0.263 e. The first-order valence-electron chi connectivity index (χ1n) is 11.1. The van der Waals surface area contributed by atoms with Crippen LogP contribution in [0.25, 0.3) is 0 Å². The van der Waals surface area contributed by atoms with Crippen molar-refractivity contribution in [1.29, 1.82) is 0 Å². The number of fused-ring (bicyclic) bond motifs is 1. The number of nitrogens with zero attached hydrogens (tertiary/aromatic N) is 4. The number of imide groups is 1. The van der Waals surface area contributed by atoms with E-state index in [1.807, 2.05) is 18.2 Å². The quantitative estimate of drug-likeness (QED) is 0.546. The molecule has 1 fully saturated rings. The lowest BCUT2D eigenvalue weighted by atomic mass is 10.1. The molecule has 2 aliphatic rings. The largest absolute Gasteiger partial charge is 0.481 e. The minimum Gasteiger partial charge on any atom is -0.481 e. The van der Waals surface area contributed by atoms with E-state index in [1.54, 1.807) is 31.5 Å². The summed E-state index contributed by atoms with van der Waals surface area (Å²) in [5.74, 6) is -0.0402. The van der Waals surface area contributed by atoms with E-state index in [9.17, 15) is 9.59 Å². The average Bonchev–Trinajstić information content (AvgIpc) is 3.10. The number of carbonyl (C=O) groups excluding carboxylic acids is 2. The van der Waals surface area contributed by atoms with Crippen molar-refractivity contribution >= 4 is 17.5 Å². The van der Waals surface area contributed by atoms with Crippen LogP contribution in [0.15, 0.2) is 66.9 Å². The summed E-state index contributed by atoms with van der Waals surface area (Å²) in [7, 11) is 1.54. The van der Waals surface area contributed by atoms with Gasteiger partial charge in [0.25, 0.3) is 11.8 Å². The number of hydrogen-bond acceptors (Lipinski definition) is 6. The summed E-state index contributed by atoms with van der Waals surface area (Å²) in [5.41, 5.74) is 3.94. The summed E-state index contributed by atoms with van der Waals surface area (Å²) in [4.78, 5) is 36.5. The van der Waals surface area contributed by atoms with Crippen molar-refractivity contribution in [1.82, 2.24) is 14.8 Å². The van der Waals surface area contributed by atoms with Crippen molar-refractivity contribution in [3.05, 3.63) is 89.1 Å². The van der Waals surface area contributed by atoms with Gasteiger partial charge in [0.15, 0.2) is 0 Å². The van der Waals surface area contributed by atoms with Crippen LogP contribution in [-0.4, -0.2) is 59.9 Å². The fourth-order valence-electron chi connectivity index (χ4n) is 4.55. The van der Waals surface area contributed by atoms with E-state index in [0.717, 1.165) is 44.0 Å². The van der Waals surface area contributed by atoms with Crippen molar-refractivity contribution in [3.8, 4) is 5.88 Å². The maximum atomic E-state index is 13.4. The molecule has 7 nitrogen and oxygen atoms in total. The van der Waals surface area contributed by atoms with Crippen LogP contribution in [0.4, 0.5) is 5.69 Å². The van der Waals surface area contributed by atoms with E-state index >= 15 is 0 Å². The monoisotopic (exact) mass is 442 g/mol. The molecule has 168 valence electrons. The number of amides is 2. The summed E-state index contributed by atoms with van der Waals surface area (Å²) in [6, 6.07) is 19.6. The molecule has 33 heavy (non-hydrogen) atoms. The van der Waals surface area contributed by atoms with Gasteiger partial charge in [-0.1, -0.05) is 36.4 Å². The number of ether oxygens (including phenoxy) is 1. The molecule has 1 saturated heterocycles.